The Morgan fingerprint density at radius 2 is 1.96 bits per heavy atom. The number of nitrogens with zero attached hydrogens (tertiary/aromatic N) is 1. The molecule has 2 heterocycles. The highest BCUT2D eigenvalue weighted by atomic mass is 16.3. The number of nitrogens with one attached hydrogen (secondary N) is 1. The Morgan fingerprint density at radius 1 is 1.21 bits per heavy atom. The molecule has 24 heavy (non-hydrogen) atoms. The Kier molecular flexibility index (Phi) is 5.59. The summed E-state index contributed by atoms with van der Waals surface area (Å²) >= 11 is 0. The first kappa shape index (κ1) is 17.1. The third kappa shape index (κ3) is 4.19. The smallest absolute Gasteiger partial charge is 0.225 e. The normalized spacial score (nSPS) is 23.1. The lowest BCUT2D eigenvalue weighted by Crippen LogP contribution is -2.49. The van der Waals surface area contributed by atoms with Gasteiger partial charge in [0.15, 0.2) is 0 Å². The average Bonchev–Trinajstić information content (AvgIpc) is 2.83. The Labute approximate surface area is 143 Å². The minimum Gasteiger partial charge on any atom is -0.465 e. The molecule has 0 bridgehead atoms. The van der Waals surface area contributed by atoms with Gasteiger partial charge in [-0.3, -0.25) is 9.59 Å². The highest BCUT2D eigenvalue weighted by Gasteiger charge is 2.34. The number of carbonyl (C=O) groups excluding carboxylic acids is 2. The number of likely N-dealkylation sites (tertiary alicyclic amines) is 1. The van der Waals surface area contributed by atoms with Crippen LogP contribution < -0.4 is 5.32 Å². The number of carbonyl (C=O) groups is 2. The highest BCUT2D eigenvalue weighted by Crippen LogP contribution is 2.27. The zero-order valence-electron chi connectivity index (χ0n) is 14.6. The summed E-state index contributed by atoms with van der Waals surface area (Å²) in [7, 11) is 0. The number of furan rings is 1. The lowest BCUT2D eigenvalue weighted by molar-refractivity contribution is -0.141. The minimum absolute atomic E-state index is 0.0372. The monoisotopic (exact) mass is 332 g/mol. The second-order valence-electron chi connectivity index (χ2n) is 7.16. The molecule has 2 amide bonds. The molecule has 1 aromatic rings. The Morgan fingerprint density at radius 3 is 2.62 bits per heavy atom. The van der Waals surface area contributed by atoms with Gasteiger partial charge in [-0.2, -0.15) is 0 Å². The topological polar surface area (TPSA) is 62.6 Å². The predicted octanol–water partition coefficient (Wildman–Crippen LogP) is 3.17. The third-order valence-electron chi connectivity index (χ3n) is 5.31. The fourth-order valence-corrected chi connectivity index (χ4v) is 3.91. The van der Waals surface area contributed by atoms with Crippen LogP contribution in [0.1, 0.15) is 62.9 Å². The number of hydrogen-bond acceptors (Lipinski definition) is 3. The Hall–Kier alpha value is -1.78. The molecule has 0 unspecified atom stereocenters. The van der Waals surface area contributed by atoms with Gasteiger partial charge in [0.25, 0.3) is 0 Å². The molecule has 1 aromatic heterocycles. The lowest BCUT2D eigenvalue weighted by Gasteiger charge is -2.37. The maximum Gasteiger partial charge on any atom is 0.225 e. The van der Waals surface area contributed by atoms with Crippen LogP contribution in [0.3, 0.4) is 0 Å². The first-order chi connectivity index (χ1) is 11.6. The highest BCUT2D eigenvalue weighted by molar-refractivity contribution is 5.84. The van der Waals surface area contributed by atoms with Gasteiger partial charge in [-0.15, -0.1) is 0 Å². The number of piperidine rings is 1. The SMILES string of the molecule is Cc1ccc(CNC(=O)[C@@H]2CCC(=O)N(C3CCCCCC3)C2)o1. The van der Waals surface area contributed by atoms with E-state index in [1.165, 1.54) is 25.7 Å². The Bertz CT molecular complexity index is 573. The van der Waals surface area contributed by atoms with Crippen LogP contribution in [0.4, 0.5) is 0 Å². The van der Waals surface area contributed by atoms with Crippen LogP contribution in [0.15, 0.2) is 16.5 Å². The molecule has 2 aliphatic rings. The van der Waals surface area contributed by atoms with Crippen LogP contribution in [0.25, 0.3) is 0 Å². The van der Waals surface area contributed by atoms with Crippen molar-refractivity contribution < 1.29 is 14.0 Å². The van der Waals surface area contributed by atoms with E-state index >= 15 is 0 Å². The van der Waals surface area contributed by atoms with Crippen molar-refractivity contribution in [3.63, 3.8) is 0 Å². The first-order valence-electron chi connectivity index (χ1n) is 9.26. The van der Waals surface area contributed by atoms with Crippen LogP contribution >= 0.6 is 0 Å². The third-order valence-corrected chi connectivity index (χ3v) is 5.31. The molecule has 1 atom stereocenters. The van der Waals surface area contributed by atoms with Gasteiger partial charge in [-0.1, -0.05) is 25.7 Å². The number of hydrogen-bond donors (Lipinski definition) is 1. The van der Waals surface area contributed by atoms with Crippen molar-refractivity contribution in [2.45, 2.75) is 70.9 Å². The molecule has 3 rings (SSSR count). The van der Waals surface area contributed by atoms with E-state index in [9.17, 15) is 9.59 Å². The summed E-state index contributed by atoms with van der Waals surface area (Å²) in [5.41, 5.74) is 0. The van der Waals surface area contributed by atoms with Gasteiger partial charge in [0.1, 0.15) is 11.5 Å². The average molecular weight is 332 g/mol. The molecule has 1 N–H and O–H groups in total. The fourth-order valence-electron chi connectivity index (χ4n) is 3.91. The second-order valence-corrected chi connectivity index (χ2v) is 7.16. The molecule has 1 saturated carbocycles. The molecule has 0 radical (unpaired) electrons. The van der Waals surface area contributed by atoms with E-state index in [1.807, 2.05) is 24.0 Å². The maximum absolute atomic E-state index is 12.5. The van der Waals surface area contributed by atoms with Crippen LogP contribution in [0.5, 0.6) is 0 Å². The van der Waals surface area contributed by atoms with Crippen molar-refractivity contribution in [1.82, 2.24) is 10.2 Å². The van der Waals surface area contributed by atoms with E-state index in [4.69, 9.17) is 4.42 Å². The fraction of sp³-hybridized carbons (Fsp3) is 0.684. The molecule has 0 spiro atoms. The summed E-state index contributed by atoms with van der Waals surface area (Å²) in [6.07, 6.45) is 8.26. The van der Waals surface area contributed by atoms with Crippen molar-refractivity contribution in [3.8, 4) is 0 Å². The van der Waals surface area contributed by atoms with Gasteiger partial charge in [0.2, 0.25) is 11.8 Å². The zero-order chi connectivity index (χ0) is 16.9. The van der Waals surface area contributed by atoms with E-state index in [0.717, 1.165) is 24.4 Å². The molecule has 1 aliphatic carbocycles. The van der Waals surface area contributed by atoms with Crippen LogP contribution in [-0.4, -0.2) is 29.3 Å². The molecule has 1 aliphatic heterocycles. The zero-order valence-corrected chi connectivity index (χ0v) is 14.6. The van der Waals surface area contributed by atoms with Crippen molar-refractivity contribution in [1.29, 1.82) is 0 Å². The van der Waals surface area contributed by atoms with Crippen molar-refractivity contribution >= 4 is 11.8 Å². The van der Waals surface area contributed by atoms with Gasteiger partial charge in [-0.25, -0.2) is 0 Å². The van der Waals surface area contributed by atoms with Crippen LogP contribution in [0, 0.1) is 12.8 Å². The van der Waals surface area contributed by atoms with E-state index < -0.39 is 0 Å². The standard InChI is InChI=1S/C19H28N2O3/c1-14-8-10-17(24-14)12-20-19(23)15-9-11-18(22)21(13-15)16-6-4-2-3-5-7-16/h8,10,15-16H,2-7,9,11-13H2,1H3,(H,20,23)/t15-/m1/s1. The number of aryl methyl sites for hydroxylation is 1. The summed E-state index contributed by atoms with van der Waals surface area (Å²) in [5.74, 6) is 1.79. The molecule has 2 fully saturated rings. The minimum atomic E-state index is -0.0954. The van der Waals surface area contributed by atoms with Gasteiger partial charge in [-0.05, 0) is 38.3 Å². The maximum atomic E-state index is 12.5. The van der Waals surface area contributed by atoms with Gasteiger partial charge < -0.3 is 14.6 Å². The number of rotatable bonds is 4. The van der Waals surface area contributed by atoms with Crippen LogP contribution in [-0.2, 0) is 16.1 Å². The quantitative estimate of drug-likeness (QED) is 0.862. The largest absolute Gasteiger partial charge is 0.465 e. The van der Waals surface area contributed by atoms with Gasteiger partial charge in [0, 0.05) is 19.0 Å². The van der Waals surface area contributed by atoms with Crippen LogP contribution in [0.2, 0.25) is 0 Å². The van der Waals surface area contributed by atoms with E-state index in [-0.39, 0.29) is 17.7 Å². The summed E-state index contributed by atoms with van der Waals surface area (Å²) in [6, 6.07) is 4.12. The summed E-state index contributed by atoms with van der Waals surface area (Å²) < 4.78 is 5.49. The van der Waals surface area contributed by atoms with Crippen molar-refractivity contribution in [2.75, 3.05) is 6.54 Å². The van der Waals surface area contributed by atoms with E-state index in [0.29, 0.717) is 32.0 Å². The first-order valence-corrected chi connectivity index (χ1v) is 9.26. The summed E-state index contributed by atoms with van der Waals surface area (Å²) in [4.78, 5) is 26.8. The molecule has 0 aromatic carbocycles. The van der Waals surface area contributed by atoms with Crippen molar-refractivity contribution in [3.05, 3.63) is 23.7 Å². The molecule has 5 nitrogen and oxygen atoms in total. The molecular weight excluding hydrogens is 304 g/mol. The summed E-state index contributed by atoms with van der Waals surface area (Å²) in [5, 5.41) is 2.96. The molecule has 132 valence electrons. The second kappa shape index (κ2) is 7.86. The predicted molar refractivity (Wildman–Crippen MR) is 91.2 cm³/mol. The molecule has 5 heteroatoms. The number of amides is 2. The Balaban J connectivity index is 1.55. The van der Waals surface area contributed by atoms with Gasteiger partial charge >= 0.3 is 0 Å². The lowest BCUT2D eigenvalue weighted by atomic mass is 9.93. The van der Waals surface area contributed by atoms with E-state index in [1.54, 1.807) is 0 Å². The molecular formula is C19H28N2O3. The molecule has 1 saturated heterocycles. The van der Waals surface area contributed by atoms with E-state index in [2.05, 4.69) is 5.32 Å². The summed E-state index contributed by atoms with van der Waals surface area (Å²) in [6.45, 7) is 2.88. The van der Waals surface area contributed by atoms with Gasteiger partial charge in [0.05, 0.1) is 12.5 Å². The van der Waals surface area contributed by atoms with Crippen molar-refractivity contribution in [2.24, 2.45) is 5.92 Å².